The summed E-state index contributed by atoms with van der Waals surface area (Å²) in [6.07, 6.45) is 1.80. The number of amides is 1. The third kappa shape index (κ3) is 4.40. The Bertz CT molecular complexity index is 1270. The number of carbonyl (C=O) groups excluding carboxylic acids is 1. The van der Waals surface area contributed by atoms with E-state index in [2.05, 4.69) is 53.1 Å². The quantitative estimate of drug-likeness (QED) is 0.294. The molecule has 2 aromatic heterocycles. The van der Waals surface area contributed by atoms with E-state index in [0.717, 1.165) is 34.0 Å². The Balaban J connectivity index is 1.52. The summed E-state index contributed by atoms with van der Waals surface area (Å²) in [7, 11) is 1.61. The molecule has 2 N–H and O–H groups in total. The van der Waals surface area contributed by atoms with Crippen LogP contribution < -0.4 is 10.1 Å². The predicted octanol–water partition coefficient (Wildman–Crippen LogP) is 4.97. The van der Waals surface area contributed by atoms with Crippen molar-refractivity contribution in [3.63, 3.8) is 0 Å². The highest BCUT2D eigenvalue weighted by molar-refractivity contribution is 7.99. The molecule has 2 aromatic carbocycles. The third-order valence-electron chi connectivity index (χ3n) is 5.30. The molecule has 8 heteroatoms. The van der Waals surface area contributed by atoms with Crippen LogP contribution in [0.4, 0.5) is 5.69 Å². The van der Waals surface area contributed by atoms with Crippen molar-refractivity contribution in [1.82, 2.24) is 19.7 Å². The van der Waals surface area contributed by atoms with Gasteiger partial charge in [-0.15, -0.1) is 16.8 Å². The predicted molar refractivity (Wildman–Crippen MR) is 129 cm³/mol. The van der Waals surface area contributed by atoms with Crippen LogP contribution in [0.2, 0.25) is 0 Å². The second kappa shape index (κ2) is 9.32. The Morgan fingerprint density at radius 2 is 2.00 bits per heavy atom. The fourth-order valence-corrected chi connectivity index (χ4v) is 4.25. The standard InChI is InChI=1S/C24H25N5O2S/c1-5-12-29-23(17-6-11-21-20(13-17)15(2)16(3)25-21)27-28-24(29)32-14-22(30)26-18-7-9-19(31-4)10-8-18/h5-11,13,25H,1,12,14H2,2-4H3,(H,26,30). The minimum absolute atomic E-state index is 0.116. The van der Waals surface area contributed by atoms with Gasteiger partial charge < -0.3 is 15.0 Å². The number of aryl methyl sites for hydroxylation is 2. The molecule has 0 fully saturated rings. The number of hydrogen-bond donors (Lipinski definition) is 2. The van der Waals surface area contributed by atoms with E-state index >= 15 is 0 Å². The highest BCUT2D eigenvalue weighted by Gasteiger charge is 2.16. The second-order valence-corrected chi connectivity index (χ2v) is 8.35. The summed E-state index contributed by atoms with van der Waals surface area (Å²) in [5, 5.41) is 13.5. The van der Waals surface area contributed by atoms with E-state index in [4.69, 9.17) is 4.74 Å². The van der Waals surface area contributed by atoms with Crippen molar-refractivity contribution in [3.05, 3.63) is 66.4 Å². The fraction of sp³-hybridized carbons (Fsp3) is 0.208. The molecule has 4 rings (SSSR count). The lowest BCUT2D eigenvalue weighted by Crippen LogP contribution is -2.14. The zero-order chi connectivity index (χ0) is 22.7. The van der Waals surface area contributed by atoms with E-state index in [1.807, 2.05) is 10.6 Å². The van der Waals surface area contributed by atoms with E-state index in [1.165, 1.54) is 22.7 Å². The largest absolute Gasteiger partial charge is 0.497 e. The average Bonchev–Trinajstić information content (AvgIpc) is 3.33. The number of methoxy groups -OCH3 is 1. The number of ether oxygens (including phenoxy) is 1. The lowest BCUT2D eigenvalue weighted by molar-refractivity contribution is -0.113. The number of nitrogens with one attached hydrogen (secondary N) is 2. The number of aromatic amines is 1. The topological polar surface area (TPSA) is 84.8 Å². The maximum Gasteiger partial charge on any atom is 0.234 e. The third-order valence-corrected chi connectivity index (χ3v) is 6.27. The molecule has 0 unspecified atom stereocenters. The molecule has 0 bridgehead atoms. The first kappa shape index (κ1) is 21.7. The number of anilines is 1. The van der Waals surface area contributed by atoms with Gasteiger partial charge in [0.05, 0.1) is 12.9 Å². The number of nitrogens with zero attached hydrogens (tertiary/aromatic N) is 3. The van der Waals surface area contributed by atoms with E-state index in [0.29, 0.717) is 11.7 Å². The Hall–Kier alpha value is -3.52. The first-order valence-corrected chi connectivity index (χ1v) is 11.2. The monoisotopic (exact) mass is 447 g/mol. The van der Waals surface area contributed by atoms with Gasteiger partial charge in [-0.1, -0.05) is 17.8 Å². The van der Waals surface area contributed by atoms with Crippen LogP contribution in [-0.4, -0.2) is 38.5 Å². The molecule has 32 heavy (non-hydrogen) atoms. The van der Waals surface area contributed by atoms with Gasteiger partial charge in [-0.3, -0.25) is 9.36 Å². The molecule has 0 aliphatic carbocycles. The van der Waals surface area contributed by atoms with Crippen LogP contribution in [0.3, 0.4) is 0 Å². The summed E-state index contributed by atoms with van der Waals surface area (Å²) in [4.78, 5) is 15.8. The van der Waals surface area contributed by atoms with Crippen molar-refractivity contribution in [2.75, 3.05) is 18.2 Å². The number of aromatic nitrogens is 4. The molecule has 0 spiro atoms. The van der Waals surface area contributed by atoms with Crippen LogP contribution in [0, 0.1) is 13.8 Å². The van der Waals surface area contributed by atoms with Gasteiger partial charge in [-0.2, -0.15) is 0 Å². The first-order chi connectivity index (χ1) is 15.5. The van der Waals surface area contributed by atoms with Crippen molar-refractivity contribution in [3.8, 4) is 17.1 Å². The summed E-state index contributed by atoms with van der Waals surface area (Å²) in [6.45, 7) is 8.59. The second-order valence-electron chi connectivity index (χ2n) is 7.41. The minimum atomic E-state index is -0.116. The highest BCUT2D eigenvalue weighted by Crippen LogP contribution is 2.29. The van der Waals surface area contributed by atoms with E-state index in [-0.39, 0.29) is 11.7 Å². The van der Waals surface area contributed by atoms with Gasteiger partial charge in [-0.05, 0) is 61.9 Å². The zero-order valence-electron chi connectivity index (χ0n) is 18.3. The summed E-state index contributed by atoms with van der Waals surface area (Å²) in [5.74, 6) is 1.60. The number of H-pyrrole nitrogens is 1. The van der Waals surface area contributed by atoms with Crippen molar-refractivity contribution < 1.29 is 9.53 Å². The average molecular weight is 448 g/mol. The van der Waals surface area contributed by atoms with Crippen molar-refractivity contribution in [1.29, 1.82) is 0 Å². The summed E-state index contributed by atoms with van der Waals surface area (Å²) in [5.41, 5.74) is 5.17. The Morgan fingerprint density at radius 1 is 1.22 bits per heavy atom. The Morgan fingerprint density at radius 3 is 2.72 bits per heavy atom. The van der Waals surface area contributed by atoms with Crippen LogP contribution >= 0.6 is 11.8 Å². The number of hydrogen-bond acceptors (Lipinski definition) is 5. The van der Waals surface area contributed by atoms with Crippen LogP contribution in [0.1, 0.15) is 11.3 Å². The van der Waals surface area contributed by atoms with Gasteiger partial charge >= 0.3 is 0 Å². The number of carbonyl (C=O) groups is 1. The molecule has 4 aromatic rings. The molecule has 0 radical (unpaired) electrons. The molecule has 0 aliphatic heterocycles. The SMILES string of the molecule is C=CCn1c(SCC(=O)Nc2ccc(OC)cc2)nnc1-c1ccc2[nH]c(C)c(C)c2c1. The molecular formula is C24H25N5O2S. The zero-order valence-corrected chi connectivity index (χ0v) is 19.1. The molecule has 2 heterocycles. The molecule has 0 aliphatic rings. The maximum atomic E-state index is 12.4. The number of thioether (sulfide) groups is 1. The minimum Gasteiger partial charge on any atom is -0.497 e. The molecule has 0 saturated heterocycles. The lowest BCUT2D eigenvalue weighted by Gasteiger charge is -2.09. The number of fused-ring (bicyclic) bond motifs is 1. The first-order valence-electron chi connectivity index (χ1n) is 10.2. The molecule has 1 amide bonds. The lowest BCUT2D eigenvalue weighted by atomic mass is 10.1. The van der Waals surface area contributed by atoms with Gasteiger partial charge in [0.2, 0.25) is 5.91 Å². The number of allylic oxidation sites excluding steroid dienone is 1. The van der Waals surface area contributed by atoms with Crippen LogP contribution in [-0.2, 0) is 11.3 Å². The fourth-order valence-electron chi connectivity index (χ4n) is 3.50. The number of rotatable bonds is 8. The van der Waals surface area contributed by atoms with E-state index in [1.54, 1.807) is 37.5 Å². The normalized spacial score (nSPS) is 11.0. The van der Waals surface area contributed by atoms with Gasteiger partial charge in [0.15, 0.2) is 11.0 Å². The Kier molecular flexibility index (Phi) is 6.32. The van der Waals surface area contributed by atoms with Gasteiger partial charge in [0.1, 0.15) is 5.75 Å². The van der Waals surface area contributed by atoms with Crippen molar-refractivity contribution in [2.45, 2.75) is 25.5 Å². The van der Waals surface area contributed by atoms with Gasteiger partial charge in [0, 0.05) is 34.4 Å². The smallest absolute Gasteiger partial charge is 0.234 e. The van der Waals surface area contributed by atoms with Crippen LogP contribution in [0.5, 0.6) is 5.75 Å². The molecule has 0 saturated carbocycles. The van der Waals surface area contributed by atoms with Crippen LogP contribution in [0.25, 0.3) is 22.3 Å². The molecule has 164 valence electrons. The number of benzene rings is 2. The Labute approximate surface area is 190 Å². The molecule has 0 atom stereocenters. The summed E-state index contributed by atoms with van der Waals surface area (Å²) < 4.78 is 7.12. The highest BCUT2D eigenvalue weighted by atomic mass is 32.2. The van der Waals surface area contributed by atoms with Gasteiger partial charge in [0.25, 0.3) is 0 Å². The van der Waals surface area contributed by atoms with E-state index in [9.17, 15) is 4.79 Å². The molecular weight excluding hydrogens is 422 g/mol. The van der Waals surface area contributed by atoms with Crippen molar-refractivity contribution >= 4 is 34.3 Å². The van der Waals surface area contributed by atoms with E-state index < -0.39 is 0 Å². The van der Waals surface area contributed by atoms with Crippen LogP contribution in [0.15, 0.2) is 60.3 Å². The van der Waals surface area contributed by atoms with Crippen molar-refractivity contribution in [2.24, 2.45) is 0 Å². The maximum absolute atomic E-state index is 12.4. The summed E-state index contributed by atoms with van der Waals surface area (Å²) in [6, 6.07) is 13.4. The summed E-state index contributed by atoms with van der Waals surface area (Å²) >= 11 is 1.35. The van der Waals surface area contributed by atoms with Gasteiger partial charge in [-0.25, -0.2) is 0 Å². The molecule has 7 nitrogen and oxygen atoms in total.